The van der Waals surface area contributed by atoms with Gasteiger partial charge in [-0.25, -0.2) is 9.50 Å². The lowest BCUT2D eigenvalue weighted by atomic mass is 10.0. The molecule has 112 valence electrons. The fourth-order valence-corrected chi connectivity index (χ4v) is 3.57. The number of hydrogen-bond acceptors (Lipinski definition) is 3. The summed E-state index contributed by atoms with van der Waals surface area (Å²) in [7, 11) is 1.68. The molecule has 22 heavy (non-hydrogen) atoms. The first-order valence-corrected chi connectivity index (χ1v) is 7.78. The fourth-order valence-electron chi connectivity index (χ4n) is 3.25. The van der Waals surface area contributed by atoms with Gasteiger partial charge in [0.15, 0.2) is 5.65 Å². The van der Waals surface area contributed by atoms with Gasteiger partial charge in [0.1, 0.15) is 10.9 Å². The SMILES string of the molecule is COc1ccccc1-c1c(C)nn2c(Cl)c3c(nc12)CCC3. The molecule has 2 heterocycles. The molecule has 3 aromatic rings. The fraction of sp³-hybridized carbons (Fsp3) is 0.294. The minimum Gasteiger partial charge on any atom is -0.496 e. The lowest BCUT2D eigenvalue weighted by Crippen LogP contribution is -2.00. The highest BCUT2D eigenvalue weighted by atomic mass is 35.5. The molecule has 0 radical (unpaired) electrons. The number of methoxy groups -OCH3 is 1. The second-order valence-electron chi connectivity index (χ2n) is 5.58. The predicted octanol–water partition coefficient (Wildman–Crippen LogP) is 3.86. The van der Waals surface area contributed by atoms with Crippen LogP contribution in [0.4, 0.5) is 0 Å². The molecule has 0 fully saturated rings. The van der Waals surface area contributed by atoms with Crippen molar-refractivity contribution in [2.45, 2.75) is 26.2 Å². The van der Waals surface area contributed by atoms with Crippen LogP contribution in [0.25, 0.3) is 16.8 Å². The van der Waals surface area contributed by atoms with Gasteiger partial charge in [-0.3, -0.25) is 0 Å². The van der Waals surface area contributed by atoms with Crippen LogP contribution in [-0.4, -0.2) is 21.7 Å². The number of rotatable bonds is 2. The first-order chi connectivity index (χ1) is 10.7. The van der Waals surface area contributed by atoms with Gasteiger partial charge in [0.25, 0.3) is 0 Å². The van der Waals surface area contributed by atoms with Crippen LogP contribution in [0.15, 0.2) is 24.3 Å². The molecule has 0 bridgehead atoms. The Morgan fingerprint density at radius 1 is 1.23 bits per heavy atom. The zero-order chi connectivity index (χ0) is 15.3. The Morgan fingerprint density at radius 3 is 2.86 bits per heavy atom. The molecule has 1 aliphatic rings. The van der Waals surface area contributed by atoms with Crippen molar-refractivity contribution in [2.75, 3.05) is 7.11 Å². The zero-order valence-electron chi connectivity index (χ0n) is 12.6. The van der Waals surface area contributed by atoms with E-state index < -0.39 is 0 Å². The van der Waals surface area contributed by atoms with Crippen LogP contribution in [0.1, 0.15) is 23.4 Å². The van der Waals surface area contributed by atoms with Crippen LogP contribution in [-0.2, 0) is 12.8 Å². The van der Waals surface area contributed by atoms with E-state index in [9.17, 15) is 0 Å². The molecular weight excluding hydrogens is 298 g/mol. The third-order valence-electron chi connectivity index (χ3n) is 4.28. The van der Waals surface area contributed by atoms with E-state index in [0.29, 0.717) is 5.15 Å². The van der Waals surface area contributed by atoms with Gasteiger partial charge in [-0.15, -0.1) is 0 Å². The Kier molecular flexibility index (Phi) is 3.08. The lowest BCUT2D eigenvalue weighted by Gasteiger charge is -2.09. The number of hydrogen-bond donors (Lipinski definition) is 0. The summed E-state index contributed by atoms with van der Waals surface area (Å²) in [4.78, 5) is 4.85. The van der Waals surface area contributed by atoms with E-state index >= 15 is 0 Å². The smallest absolute Gasteiger partial charge is 0.165 e. The third-order valence-corrected chi connectivity index (χ3v) is 4.67. The summed E-state index contributed by atoms with van der Waals surface area (Å²) >= 11 is 6.56. The Hall–Kier alpha value is -2.07. The van der Waals surface area contributed by atoms with Crippen molar-refractivity contribution in [3.8, 4) is 16.9 Å². The summed E-state index contributed by atoms with van der Waals surface area (Å²) in [6.45, 7) is 1.98. The van der Waals surface area contributed by atoms with Gasteiger partial charge in [0.2, 0.25) is 0 Å². The second-order valence-corrected chi connectivity index (χ2v) is 5.94. The Labute approximate surface area is 133 Å². The number of para-hydroxylation sites is 1. The number of benzene rings is 1. The van der Waals surface area contributed by atoms with Gasteiger partial charge in [-0.1, -0.05) is 29.8 Å². The molecule has 4 rings (SSSR count). The summed E-state index contributed by atoms with van der Waals surface area (Å²) in [6, 6.07) is 7.94. The average Bonchev–Trinajstić information content (AvgIpc) is 3.12. The molecule has 1 aromatic carbocycles. The van der Waals surface area contributed by atoms with E-state index in [0.717, 1.165) is 58.7 Å². The monoisotopic (exact) mass is 313 g/mol. The Balaban J connectivity index is 2.07. The molecule has 0 saturated heterocycles. The molecule has 0 amide bonds. The largest absolute Gasteiger partial charge is 0.496 e. The van der Waals surface area contributed by atoms with Crippen molar-refractivity contribution >= 4 is 17.2 Å². The molecule has 0 N–H and O–H groups in total. The molecule has 0 spiro atoms. The molecule has 0 unspecified atom stereocenters. The summed E-state index contributed by atoms with van der Waals surface area (Å²) in [5.74, 6) is 0.818. The number of aryl methyl sites for hydroxylation is 2. The average molecular weight is 314 g/mol. The molecule has 0 aliphatic heterocycles. The highest BCUT2D eigenvalue weighted by Gasteiger charge is 2.24. The Bertz CT molecular complexity index is 885. The summed E-state index contributed by atoms with van der Waals surface area (Å²) in [5.41, 5.74) is 5.96. The van der Waals surface area contributed by atoms with Crippen LogP contribution in [0.5, 0.6) is 5.75 Å². The van der Waals surface area contributed by atoms with Crippen molar-refractivity contribution < 1.29 is 4.74 Å². The van der Waals surface area contributed by atoms with Gasteiger partial charge >= 0.3 is 0 Å². The van der Waals surface area contributed by atoms with E-state index in [4.69, 9.17) is 21.3 Å². The third kappa shape index (κ3) is 1.83. The number of nitrogens with zero attached hydrogens (tertiary/aromatic N) is 3. The minimum absolute atomic E-state index is 0.696. The summed E-state index contributed by atoms with van der Waals surface area (Å²) in [5, 5.41) is 5.30. The van der Waals surface area contributed by atoms with E-state index in [1.54, 1.807) is 11.6 Å². The maximum absolute atomic E-state index is 6.56. The number of ether oxygens (including phenoxy) is 1. The molecule has 2 aromatic heterocycles. The molecule has 0 atom stereocenters. The van der Waals surface area contributed by atoms with Crippen LogP contribution < -0.4 is 4.74 Å². The topological polar surface area (TPSA) is 39.4 Å². The molecule has 1 aliphatic carbocycles. The van der Waals surface area contributed by atoms with Crippen LogP contribution >= 0.6 is 11.6 Å². The number of aromatic nitrogens is 3. The summed E-state index contributed by atoms with van der Waals surface area (Å²) in [6.07, 6.45) is 3.08. The summed E-state index contributed by atoms with van der Waals surface area (Å²) < 4.78 is 7.26. The van der Waals surface area contributed by atoms with Gasteiger partial charge in [0, 0.05) is 16.8 Å². The van der Waals surface area contributed by atoms with E-state index in [1.165, 1.54) is 0 Å². The molecule has 5 heteroatoms. The number of halogens is 1. The zero-order valence-corrected chi connectivity index (χ0v) is 13.3. The van der Waals surface area contributed by atoms with Crippen molar-refractivity contribution in [1.29, 1.82) is 0 Å². The van der Waals surface area contributed by atoms with Crippen LogP contribution in [0.3, 0.4) is 0 Å². The van der Waals surface area contributed by atoms with Gasteiger partial charge in [-0.2, -0.15) is 5.10 Å². The number of fused-ring (bicyclic) bond motifs is 2. The van der Waals surface area contributed by atoms with Gasteiger partial charge in [0.05, 0.1) is 18.4 Å². The normalized spacial score (nSPS) is 13.6. The van der Waals surface area contributed by atoms with Crippen molar-refractivity contribution in [3.05, 3.63) is 46.4 Å². The van der Waals surface area contributed by atoms with Gasteiger partial charge < -0.3 is 4.74 Å². The van der Waals surface area contributed by atoms with Crippen LogP contribution in [0, 0.1) is 6.92 Å². The first kappa shape index (κ1) is 13.6. The van der Waals surface area contributed by atoms with Crippen molar-refractivity contribution in [2.24, 2.45) is 0 Å². The molecule has 4 nitrogen and oxygen atoms in total. The van der Waals surface area contributed by atoms with E-state index in [-0.39, 0.29) is 0 Å². The van der Waals surface area contributed by atoms with Crippen molar-refractivity contribution in [1.82, 2.24) is 14.6 Å². The lowest BCUT2D eigenvalue weighted by molar-refractivity contribution is 0.416. The highest BCUT2D eigenvalue weighted by Crippen LogP contribution is 2.37. The van der Waals surface area contributed by atoms with Gasteiger partial charge in [-0.05, 0) is 32.3 Å². The maximum atomic E-state index is 6.56. The van der Waals surface area contributed by atoms with Crippen molar-refractivity contribution in [3.63, 3.8) is 0 Å². The molecular formula is C17H16ClN3O. The predicted molar refractivity (Wildman–Crippen MR) is 86.7 cm³/mol. The molecule has 0 saturated carbocycles. The second kappa shape index (κ2) is 4.99. The van der Waals surface area contributed by atoms with E-state index in [1.807, 2.05) is 31.2 Å². The quantitative estimate of drug-likeness (QED) is 0.674. The standard InChI is InChI=1S/C17H16ClN3O/c1-10-15(12-6-3-4-9-14(12)22-2)17-19-13-8-5-7-11(13)16(18)21(17)20-10/h3-4,6,9H,5,7-8H2,1-2H3. The minimum atomic E-state index is 0.696. The highest BCUT2D eigenvalue weighted by molar-refractivity contribution is 6.30. The Morgan fingerprint density at radius 2 is 2.05 bits per heavy atom. The van der Waals surface area contributed by atoms with E-state index in [2.05, 4.69) is 5.10 Å². The first-order valence-electron chi connectivity index (χ1n) is 7.40. The van der Waals surface area contributed by atoms with Crippen LogP contribution in [0.2, 0.25) is 5.15 Å². The maximum Gasteiger partial charge on any atom is 0.165 e.